The van der Waals surface area contributed by atoms with E-state index in [1.54, 1.807) is 0 Å². The van der Waals surface area contributed by atoms with Crippen LogP contribution in [0.5, 0.6) is 0 Å². The maximum absolute atomic E-state index is 12.1. The fourth-order valence-corrected chi connectivity index (χ4v) is 2.87. The maximum atomic E-state index is 12.1. The molecule has 2 rings (SSSR count). The lowest BCUT2D eigenvalue weighted by Crippen LogP contribution is -2.58. The van der Waals surface area contributed by atoms with Crippen LogP contribution in [0.25, 0.3) is 0 Å². The molecule has 4 nitrogen and oxygen atoms in total. The number of likely N-dealkylation sites (N-methyl/N-ethyl adjacent to an activating group) is 1. The summed E-state index contributed by atoms with van der Waals surface area (Å²) in [6.45, 7) is 8.57. The average Bonchev–Trinajstić information content (AvgIpc) is 2.54. The second-order valence-electron chi connectivity index (χ2n) is 5.75. The van der Waals surface area contributed by atoms with E-state index in [4.69, 9.17) is 0 Å². The number of carbonyl (C=O) groups excluding carboxylic acids is 1. The quantitative estimate of drug-likeness (QED) is 0.836. The second-order valence-corrected chi connectivity index (χ2v) is 5.75. The summed E-state index contributed by atoms with van der Waals surface area (Å²) in [6, 6.07) is 10.6. The topological polar surface area (TPSA) is 44.4 Å². The average molecular weight is 289 g/mol. The van der Waals surface area contributed by atoms with Crippen molar-refractivity contribution in [2.45, 2.75) is 32.2 Å². The summed E-state index contributed by atoms with van der Waals surface area (Å²) in [5.41, 5.74) is 1.38. The third kappa shape index (κ3) is 4.55. The number of nitrogens with zero attached hydrogens (tertiary/aromatic N) is 1. The van der Waals surface area contributed by atoms with Gasteiger partial charge in [0.2, 0.25) is 5.91 Å². The highest BCUT2D eigenvalue weighted by Crippen LogP contribution is 2.19. The van der Waals surface area contributed by atoms with Crippen LogP contribution in [0.3, 0.4) is 0 Å². The molecule has 2 N–H and O–H groups in total. The van der Waals surface area contributed by atoms with Crippen LogP contribution < -0.4 is 10.6 Å². The third-order valence-corrected chi connectivity index (χ3v) is 4.23. The second kappa shape index (κ2) is 8.15. The first-order valence-electron chi connectivity index (χ1n) is 7.99. The Labute approximate surface area is 127 Å². The van der Waals surface area contributed by atoms with Gasteiger partial charge in [-0.3, -0.25) is 9.69 Å². The van der Waals surface area contributed by atoms with Crippen LogP contribution in [0, 0.1) is 0 Å². The Hall–Kier alpha value is -1.39. The fraction of sp³-hybridized carbons (Fsp3) is 0.588. The zero-order valence-electron chi connectivity index (χ0n) is 13.1. The minimum Gasteiger partial charge on any atom is -0.355 e. The van der Waals surface area contributed by atoms with Gasteiger partial charge in [-0.2, -0.15) is 0 Å². The molecular weight excluding hydrogens is 262 g/mol. The number of amides is 1. The number of piperazine rings is 1. The lowest BCUT2D eigenvalue weighted by Gasteiger charge is -2.35. The van der Waals surface area contributed by atoms with Gasteiger partial charge in [0, 0.05) is 26.2 Å². The zero-order chi connectivity index (χ0) is 15.1. The van der Waals surface area contributed by atoms with Gasteiger partial charge in [0.1, 0.15) is 6.04 Å². The molecule has 116 valence electrons. The molecular formula is C17H27N3O. The van der Waals surface area contributed by atoms with E-state index in [0.717, 1.165) is 32.6 Å². The Bertz CT molecular complexity index is 435. The van der Waals surface area contributed by atoms with Crippen molar-refractivity contribution in [1.29, 1.82) is 0 Å². The third-order valence-electron chi connectivity index (χ3n) is 4.23. The van der Waals surface area contributed by atoms with Crippen LogP contribution in [0.15, 0.2) is 30.3 Å². The van der Waals surface area contributed by atoms with Gasteiger partial charge in [0.15, 0.2) is 0 Å². The molecule has 0 saturated carbocycles. The summed E-state index contributed by atoms with van der Waals surface area (Å²) >= 11 is 0. The SMILES string of the molecule is CCNC(=O)C1CNCCN1CCC(C)c1ccccc1. The van der Waals surface area contributed by atoms with Crippen molar-refractivity contribution in [2.24, 2.45) is 0 Å². The standard InChI is InChI=1S/C17H27N3O/c1-3-19-17(21)16-13-18-10-12-20(16)11-9-14(2)15-7-5-4-6-8-15/h4-8,14,16,18H,3,9-13H2,1-2H3,(H,19,21). The minimum absolute atomic E-state index is 0.0262. The molecule has 2 unspecified atom stereocenters. The smallest absolute Gasteiger partial charge is 0.238 e. The Morgan fingerprint density at radius 3 is 2.90 bits per heavy atom. The molecule has 1 aromatic rings. The van der Waals surface area contributed by atoms with Crippen LogP contribution in [0.2, 0.25) is 0 Å². The van der Waals surface area contributed by atoms with Crippen molar-refractivity contribution in [1.82, 2.24) is 15.5 Å². The molecule has 0 spiro atoms. The van der Waals surface area contributed by atoms with Gasteiger partial charge in [-0.1, -0.05) is 37.3 Å². The van der Waals surface area contributed by atoms with Crippen LogP contribution in [-0.4, -0.2) is 49.6 Å². The van der Waals surface area contributed by atoms with Crippen LogP contribution in [0.4, 0.5) is 0 Å². The van der Waals surface area contributed by atoms with Gasteiger partial charge >= 0.3 is 0 Å². The lowest BCUT2D eigenvalue weighted by molar-refractivity contribution is -0.127. The fourth-order valence-electron chi connectivity index (χ4n) is 2.87. The van der Waals surface area contributed by atoms with E-state index in [9.17, 15) is 4.79 Å². The van der Waals surface area contributed by atoms with E-state index >= 15 is 0 Å². The largest absolute Gasteiger partial charge is 0.355 e. The van der Waals surface area contributed by atoms with E-state index in [1.807, 2.05) is 6.92 Å². The Morgan fingerprint density at radius 2 is 2.19 bits per heavy atom. The first-order valence-corrected chi connectivity index (χ1v) is 7.99. The van der Waals surface area contributed by atoms with Gasteiger partial charge in [0.25, 0.3) is 0 Å². The number of nitrogens with one attached hydrogen (secondary N) is 2. The van der Waals surface area contributed by atoms with Gasteiger partial charge in [0.05, 0.1) is 0 Å². The number of carbonyl (C=O) groups is 1. The van der Waals surface area contributed by atoms with Gasteiger partial charge in [-0.25, -0.2) is 0 Å². The van der Waals surface area contributed by atoms with Crippen LogP contribution >= 0.6 is 0 Å². The molecule has 1 amide bonds. The van der Waals surface area contributed by atoms with Crippen molar-refractivity contribution in [2.75, 3.05) is 32.7 Å². The van der Waals surface area contributed by atoms with Crippen molar-refractivity contribution in [3.63, 3.8) is 0 Å². The van der Waals surface area contributed by atoms with E-state index in [1.165, 1.54) is 5.56 Å². The van der Waals surface area contributed by atoms with Crippen molar-refractivity contribution in [3.8, 4) is 0 Å². The van der Waals surface area contributed by atoms with Crippen LogP contribution in [0.1, 0.15) is 31.7 Å². The molecule has 4 heteroatoms. The Kier molecular flexibility index (Phi) is 6.21. The first kappa shape index (κ1) is 16.0. The highest BCUT2D eigenvalue weighted by Gasteiger charge is 2.28. The van der Waals surface area contributed by atoms with Gasteiger partial charge in [-0.15, -0.1) is 0 Å². The highest BCUT2D eigenvalue weighted by atomic mass is 16.2. The molecule has 1 fully saturated rings. The molecule has 21 heavy (non-hydrogen) atoms. The molecule has 0 bridgehead atoms. The van der Waals surface area contributed by atoms with E-state index in [0.29, 0.717) is 12.5 Å². The molecule has 1 saturated heterocycles. The first-order chi connectivity index (χ1) is 10.2. The summed E-state index contributed by atoms with van der Waals surface area (Å²) in [5, 5.41) is 6.26. The van der Waals surface area contributed by atoms with Crippen molar-refractivity contribution >= 4 is 5.91 Å². The number of benzene rings is 1. The summed E-state index contributed by atoms with van der Waals surface area (Å²) in [6.07, 6.45) is 1.08. The summed E-state index contributed by atoms with van der Waals surface area (Å²) in [7, 11) is 0. The predicted octanol–water partition coefficient (Wildman–Crippen LogP) is 1.59. The lowest BCUT2D eigenvalue weighted by atomic mass is 9.97. The normalized spacial score (nSPS) is 21.0. The monoisotopic (exact) mass is 289 g/mol. The highest BCUT2D eigenvalue weighted by molar-refractivity contribution is 5.82. The summed E-state index contributed by atoms with van der Waals surface area (Å²) < 4.78 is 0. The van der Waals surface area contributed by atoms with Crippen molar-refractivity contribution in [3.05, 3.63) is 35.9 Å². The predicted molar refractivity (Wildman–Crippen MR) is 86.4 cm³/mol. The molecule has 0 aromatic heterocycles. The molecule has 1 aliphatic rings. The van der Waals surface area contributed by atoms with Crippen molar-refractivity contribution < 1.29 is 4.79 Å². The summed E-state index contributed by atoms with van der Waals surface area (Å²) in [5.74, 6) is 0.674. The van der Waals surface area contributed by atoms with E-state index in [-0.39, 0.29) is 11.9 Å². The Morgan fingerprint density at radius 1 is 1.43 bits per heavy atom. The molecule has 1 aliphatic heterocycles. The molecule has 0 aliphatic carbocycles. The summed E-state index contributed by atoms with van der Waals surface area (Å²) in [4.78, 5) is 14.5. The van der Waals surface area contributed by atoms with Gasteiger partial charge < -0.3 is 10.6 Å². The maximum Gasteiger partial charge on any atom is 0.238 e. The molecule has 1 aromatic carbocycles. The van der Waals surface area contributed by atoms with Gasteiger partial charge in [-0.05, 0) is 31.4 Å². The zero-order valence-corrected chi connectivity index (χ0v) is 13.1. The molecule has 2 atom stereocenters. The van der Waals surface area contributed by atoms with Crippen LogP contribution in [-0.2, 0) is 4.79 Å². The number of hydrogen-bond donors (Lipinski definition) is 2. The molecule has 1 heterocycles. The number of rotatable bonds is 6. The number of hydrogen-bond acceptors (Lipinski definition) is 3. The molecule has 0 radical (unpaired) electrons. The Balaban J connectivity index is 1.89. The minimum atomic E-state index is -0.0262. The van der Waals surface area contributed by atoms with E-state index < -0.39 is 0 Å². The van der Waals surface area contributed by atoms with E-state index in [2.05, 4.69) is 52.8 Å².